The van der Waals surface area contributed by atoms with Crippen LogP contribution < -0.4 is 0 Å². The van der Waals surface area contributed by atoms with Crippen molar-refractivity contribution < 1.29 is 0 Å². The molecule has 0 heteroatoms. The Morgan fingerprint density at radius 2 is 1.82 bits per heavy atom. The van der Waals surface area contributed by atoms with Crippen LogP contribution in [0.15, 0.2) is 36.5 Å². The Morgan fingerprint density at radius 3 is 1.91 bits per heavy atom. The zero-order chi connectivity index (χ0) is 8.85. The van der Waals surface area contributed by atoms with Crippen LogP contribution in [-0.2, 0) is 0 Å². The summed E-state index contributed by atoms with van der Waals surface area (Å²) in [7, 11) is 0. The molecule has 0 aromatic rings. The topological polar surface area (TPSA) is 0 Å². The molecule has 0 aliphatic heterocycles. The van der Waals surface area contributed by atoms with E-state index in [2.05, 4.69) is 33.9 Å². The summed E-state index contributed by atoms with van der Waals surface area (Å²) in [5.74, 6) is 0.556. The molecule has 0 saturated heterocycles. The number of hydrogen-bond donors (Lipinski definition) is 0. The fourth-order valence-corrected chi connectivity index (χ4v) is 1.20. The van der Waals surface area contributed by atoms with Crippen LogP contribution in [0.25, 0.3) is 0 Å². The van der Waals surface area contributed by atoms with Gasteiger partial charge >= 0.3 is 0 Å². The summed E-state index contributed by atoms with van der Waals surface area (Å²) >= 11 is 0. The molecule has 0 atom stereocenters. The maximum Gasteiger partial charge on any atom is -0.0216 e. The van der Waals surface area contributed by atoms with Crippen LogP contribution in [0.3, 0.4) is 0 Å². The highest BCUT2D eigenvalue weighted by Crippen LogP contribution is 2.18. The highest BCUT2D eigenvalue weighted by Gasteiger charge is 2.02. The molecule has 0 rings (SSSR count). The minimum absolute atomic E-state index is 0.556. The smallest absolute Gasteiger partial charge is 0.0216 e. The van der Waals surface area contributed by atoms with E-state index < -0.39 is 0 Å². The van der Waals surface area contributed by atoms with Crippen molar-refractivity contribution in [2.45, 2.75) is 27.2 Å². The normalized spacial score (nSPS) is 12.7. The lowest BCUT2D eigenvalue weighted by Gasteiger charge is -2.10. The van der Waals surface area contributed by atoms with E-state index in [0.29, 0.717) is 5.92 Å². The zero-order valence-electron chi connectivity index (χ0n) is 7.85. The largest absolute Gasteiger partial charge is 0.0988 e. The van der Waals surface area contributed by atoms with E-state index in [9.17, 15) is 0 Å². The monoisotopic (exact) mass is 150 g/mol. The maximum atomic E-state index is 3.79. The van der Waals surface area contributed by atoms with E-state index in [4.69, 9.17) is 0 Å². The van der Waals surface area contributed by atoms with Crippen molar-refractivity contribution in [3.8, 4) is 0 Å². The predicted molar refractivity (Wildman–Crippen MR) is 52.5 cm³/mol. The molecule has 0 saturated carbocycles. The van der Waals surface area contributed by atoms with Gasteiger partial charge in [-0.2, -0.15) is 0 Å². The van der Waals surface area contributed by atoms with Gasteiger partial charge in [-0.05, 0) is 23.5 Å². The van der Waals surface area contributed by atoms with Crippen LogP contribution in [0.2, 0.25) is 0 Å². The van der Waals surface area contributed by atoms with Crippen LogP contribution >= 0.6 is 0 Å². The van der Waals surface area contributed by atoms with Crippen molar-refractivity contribution in [2.75, 3.05) is 0 Å². The number of allylic oxidation sites excluding steroid dienone is 4. The van der Waals surface area contributed by atoms with E-state index in [1.54, 1.807) is 0 Å². The van der Waals surface area contributed by atoms with Crippen molar-refractivity contribution in [1.82, 2.24) is 0 Å². The lowest BCUT2D eigenvalue weighted by Crippen LogP contribution is -1.94. The van der Waals surface area contributed by atoms with Gasteiger partial charge in [-0.15, -0.1) is 0 Å². The van der Waals surface area contributed by atoms with E-state index in [-0.39, 0.29) is 0 Å². The molecule has 0 N–H and O–H groups in total. The van der Waals surface area contributed by atoms with E-state index in [0.717, 1.165) is 6.42 Å². The molecule has 0 amide bonds. The first-order chi connectivity index (χ1) is 5.17. The standard InChI is InChI=1S/C11H18/c1-6-10(7-2)11(8-3)9(4)5/h6,8-9H,1,3,7H2,2,4-5H3/b11-10-. The van der Waals surface area contributed by atoms with Crippen LogP contribution in [0.4, 0.5) is 0 Å². The van der Waals surface area contributed by atoms with Crippen LogP contribution in [0.1, 0.15) is 27.2 Å². The number of hydrogen-bond acceptors (Lipinski definition) is 0. The predicted octanol–water partition coefficient (Wildman–Crippen LogP) is 3.72. The molecular formula is C11H18. The van der Waals surface area contributed by atoms with Gasteiger partial charge in [0.05, 0.1) is 0 Å². The van der Waals surface area contributed by atoms with Gasteiger partial charge in [0.2, 0.25) is 0 Å². The fourth-order valence-electron chi connectivity index (χ4n) is 1.20. The molecular weight excluding hydrogens is 132 g/mol. The summed E-state index contributed by atoms with van der Waals surface area (Å²) in [6, 6.07) is 0. The molecule has 0 radical (unpaired) electrons. The first-order valence-electron chi connectivity index (χ1n) is 4.15. The Labute approximate surface area is 70.3 Å². The van der Waals surface area contributed by atoms with Crippen molar-refractivity contribution in [3.63, 3.8) is 0 Å². The third-order valence-electron chi connectivity index (χ3n) is 1.84. The third-order valence-corrected chi connectivity index (χ3v) is 1.84. The van der Waals surface area contributed by atoms with Crippen molar-refractivity contribution in [2.24, 2.45) is 5.92 Å². The third kappa shape index (κ3) is 2.75. The number of rotatable bonds is 4. The van der Waals surface area contributed by atoms with E-state index in [1.807, 2.05) is 12.2 Å². The Morgan fingerprint density at radius 1 is 1.27 bits per heavy atom. The summed E-state index contributed by atoms with van der Waals surface area (Å²) in [6.45, 7) is 14.1. The Bertz CT molecular complexity index is 170. The first-order valence-corrected chi connectivity index (χ1v) is 4.15. The molecule has 0 heterocycles. The van der Waals surface area contributed by atoms with Crippen molar-refractivity contribution in [1.29, 1.82) is 0 Å². The average Bonchev–Trinajstić information content (AvgIpc) is 1.99. The van der Waals surface area contributed by atoms with Gasteiger partial charge in [-0.3, -0.25) is 0 Å². The Kier molecular flexibility index (Phi) is 4.60. The quantitative estimate of drug-likeness (QED) is 0.536. The molecule has 0 spiro atoms. The second-order valence-electron chi connectivity index (χ2n) is 2.90. The van der Waals surface area contributed by atoms with Gasteiger partial charge in [0.25, 0.3) is 0 Å². The zero-order valence-corrected chi connectivity index (χ0v) is 7.85. The lowest BCUT2D eigenvalue weighted by molar-refractivity contribution is 0.777. The Balaban J connectivity index is 4.76. The molecule has 11 heavy (non-hydrogen) atoms. The van der Waals surface area contributed by atoms with Crippen molar-refractivity contribution in [3.05, 3.63) is 36.5 Å². The second kappa shape index (κ2) is 4.95. The van der Waals surface area contributed by atoms with Gasteiger partial charge in [-0.25, -0.2) is 0 Å². The summed E-state index contributed by atoms with van der Waals surface area (Å²) in [6.07, 6.45) is 4.91. The molecule has 0 unspecified atom stereocenters. The maximum absolute atomic E-state index is 3.79. The molecule has 0 aliphatic carbocycles. The van der Waals surface area contributed by atoms with Gasteiger partial charge in [-0.1, -0.05) is 46.1 Å². The highest BCUT2D eigenvalue weighted by molar-refractivity contribution is 5.32. The summed E-state index contributed by atoms with van der Waals surface area (Å²) < 4.78 is 0. The average molecular weight is 150 g/mol. The molecule has 0 fully saturated rings. The molecule has 0 nitrogen and oxygen atoms in total. The van der Waals surface area contributed by atoms with E-state index in [1.165, 1.54) is 11.1 Å². The lowest BCUT2D eigenvalue weighted by atomic mass is 9.96. The Hall–Kier alpha value is -0.780. The van der Waals surface area contributed by atoms with Crippen LogP contribution in [-0.4, -0.2) is 0 Å². The summed E-state index contributed by atoms with van der Waals surface area (Å²) in [5.41, 5.74) is 2.64. The van der Waals surface area contributed by atoms with Gasteiger partial charge in [0, 0.05) is 0 Å². The van der Waals surface area contributed by atoms with Gasteiger partial charge < -0.3 is 0 Å². The molecule has 0 aromatic heterocycles. The minimum Gasteiger partial charge on any atom is -0.0988 e. The van der Waals surface area contributed by atoms with Crippen LogP contribution in [0.5, 0.6) is 0 Å². The van der Waals surface area contributed by atoms with Crippen molar-refractivity contribution >= 4 is 0 Å². The molecule has 0 bridgehead atoms. The first kappa shape index (κ1) is 10.2. The summed E-state index contributed by atoms with van der Waals surface area (Å²) in [5, 5.41) is 0. The fraction of sp³-hybridized carbons (Fsp3) is 0.455. The SMILES string of the molecule is C=C/C(CC)=C(\C=C)C(C)C. The minimum atomic E-state index is 0.556. The molecule has 0 aliphatic rings. The van der Waals surface area contributed by atoms with Crippen LogP contribution in [0, 0.1) is 5.92 Å². The summed E-state index contributed by atoms with van der Waals surface area (Å²) in [4.78, 5) is 0. The highest BCUT2D eigenvalue weighted by atomic mass is 14.1. The second-order valence-corrected chi connectivity index (χ2v) is 2.90. The molecule has 0 aromatic carbocycles. The van der Waals surface area contributed by atoms with E-state index >= 15 is 0 Å². The van der Waals surface area contributed by atoms with Gasteiger partial charge in [0.15, 0.2) is 0 Å². The molecule has 62 valence electrons. The van der Waals surface area contributed by atoms with Gasteiger partial charge in [0.1, 0.15) is 0 Å².